The largest absolute Gasteiger partial charge is 0.489 e. The first-order valence-corrected chi connectivity index (χ1v) is 13.9. The average Bonchev–Trinajstić information content (AvgIpc) is 3.62. The van der Waals surface area contributed by atoms with Gasteiger partial charge in [-0.05, 0) is 66.6 Å². The highest BCUT2D eigenvalue weighted by molar-refractivity contribution is 7.14. The maximum atomic E-state index is 12.4. The standard InChI is InChI=1S/C31H32N2O4S/c1-2-4-24(17-30(34)35)23-7-11-27(12-8-23)37-20-22-6-3-5-21(15-22)18-33-14-13-28-25(19-33)16-29(38-28)31(36)32-26-9-10-26/h3,5-8,11-12,15-16,24,26H,9-10,13-14,17-20H2,1H3,(H,32,36)(H,34,35)/t24-/m0/s1. The minimum Gasteiger partial charge on any atom is -0.489 e. The third kappa shape index (κ3) is 6.83. The van der Waals surface area contributed by atoms with Gasteiger partial charge >= 0.3 is 5.97 Å². The molecule has 6 nitrogen and oxygen atoms in total. The van der Waals surface area contributed by atoms with Crippen LogP contribution in [0.5, 0.6) is 5.75 Å². The second kappa shape index (κ2) is 11.8. The Kier molecular flexibility index (Phi) is 8.11. The third-order valence-electron chi connectivity index (χ3n) is 6.86. The zero-order valence-electron chi connectivity index (χ0n) is 21.5. The first-order valence-electron chi connectivity index (χ1n) is 13.1. The second-order valence-electron chi connectivity index (χ2n) is 9.99. The molecule has 2 aliphatic rings. The Morgan fingerprint density at radius 3 is 2.68 bits per heavy atom. The Morgan fingerprint density at radius 1 is 1.16 bits per heavy atom. The number of thiophene rings is 1. The van der Waals surface area contributed by atoms with E-state index in [0.29, 0.717) is 12.6 Å². The lowest BCUT2D eigenvalue weighted by molar-refractivity contribution is -0.137. The molecule has 196 valence electrons. The van der Waals surface area contributed by atoms with Gasteiger partial charge in [0.05, 0.1) is 17.2 Å². The first kappa shape index (κ1) is 26.0. The maximum absolute atomic E-state index is 12.4. The molecule has 7 heteroatoms. The predicted octanol–water partition coefficient (Wildman–Crippen LogP) is 5.36. The van der Waals surface area contributed by atoms with Gasteiger partial charge in [-0.2, -0.15) is 0 Å². The Labute approximate surface area is 227 Å². The van der Waals surface area contributed by atoms with E-state index in [4.69, 9.17) is 9.84 Å². The molecule has 1 amide bonds. The molecule has 0 unspecified atom stereocenters. The first-order chi connectivity index (χ1) is 18.5. The molecular weight excluding hydrogens is 496 g/mol. The predicted molar refractivity (Wildman–Crippen MR) is 148 cm³/mol. The summed E-state index contributed by atoms with van der Waals surface area (Å²) in [7, 11) is 0. The van der Waals surface area contributed by atoms with E-state index in [1.165, 1.54) is 16.0 Å². The number of carboxylic acid groups (broad SMARTS) is 1. The van der Waals surface area contributed by atoms with E-state index in [-0.39, 0.29) is 18.2 Å². The van der Waals surface area contributed by atoms with Crippen LogP contribution >= 0.6 is 11.3 Å². The quantitative estimate of drug-likeness (QED) is 0.347. The van der Waals surface area contributed by atoms with Gasteiger partial charge in [-0.15, -0.1) is 17.3 Å². The Hall–Kier alpha value is -3.60. The molecule has 1 fully saturated rings. The summed E-state index contributed by atoms with van der Waals surface area (Å²) < 4.78 is 6.01. The van der Waals surface area contributed by atoms with Crippen molar-refractivity contribution in [1.29, 1.82) is 0 Å². The fourth-order valence-electron chi connectivity index (χ4n) is 4.76. The summed E-state index contributed by atoms with van der Waals surface area (Å²) in [6.07, 6.45) is 3.16. The van der Waals surface area contributed by atoms with Crippen LogP contribution in [0.1, 0.15) is 68.9 Å². The van der Waals surface area contributed by atoms with Crippen LogP contribution in [-0.2, 0) is 30.9 Å². The number of nitrogens with zero attached hydrogens (tertiary/aromatic N) is 1. The van der Waals surface area contributed by atoms with Gasteiger partial charge in [0.15, 0.2) is 0 Å². The molecule has 38 heavy (non-hydrogen) atoms. The molecule has 1 aliphatic heterocycles. The van der Waals surface area contributed by atoms with Gasteiger partial charge < -0.3 is 15.2 Å². The van der Waals surface area contributed by atoms with Crippen LogP contribution in [0.3, 0.4) is 0 Å². The van der Waals surface area contributed by atoms with Gasteiger partial charge in [-0.3, -0.25) is 14.5 Å². The fourth-order valence-corrected chi connectivity index (χ4v) is 5.83. The molecule has 2 heterocycles. The number of fused-ring (bicyclic) bond motifs is 1. The summed E-state index contributed by atoms with van der Waals surface area (Å²) in [5, 5.41) is 12.2. The van der Waals surface area contributed by atoms with Crippen molar-refractivity contribution in [2.24, 2.45) is 0 Å². The van der Waals surface area contributed by atoms with Crippen molar-refractivity contribution in [3.8, 4) is 17.6 Å². The summed E-state index contributed by atoms with van der Waals surface area (Å²) in [5.41, 5.74) is 4.49. The highest BCUT2D eigenvalue weighted by Crippen LogP contribution is 2.30. The molecule has 0 spiro atoms. The molecule has 0 bridgehead atoms. The average molecular weight is 529 g/mol. The van der Waals surface area contributed by atoms with Gasteiger partial charge in [-0.25, -0.2) is 0 Å². The topological polar surface area (TPSA) is 78.9 Å². The second-order valence-corrected chi connectivity index (χ2v) is 11.1. The van der Waals surface area contributed by atoms with Crippen molar-refractivity contribution in [3.63, 3.8) is 0 Å². The number of rotatable bonds is 10. The van der Waals surface area contributed by atoms with E-state index in [2.05, 4.69) is 52.4 Å². The highest BCUT2D eigenvalue weighted by atomic mass is 32.1. The van der Waals surface area contributed by atoms with Gasteiger partial charge in [0.25, 0.3) is 5.91 Å². The van der Waals surface area contributed by atoms with E-state index in [1.807, 2.05) is 24.3 Å². The zero-order valence-corrected chi connectivity index (χ0v) is 22.4. The van der Waals surface area contributed by atoms with Crippen LogP contribution < -0.4 is 10.1 Å². The number of carbonyl (C=O) groups is 2. The molecule has 0 radical (unpaired) electrons. The monoisotopic (exact) mass is 528 g/mol. The number of carbonyl (C=O) groups excluding carboxylic acids is 1. The van der Waals surface area contributed by atoms with E-state index in [0.717, 1.165) is 60.7 Å². The van der Waals surface area contributed by atoms with E-state index in [1.54, 1.807) is 18.3 Å². The van der Waals surface area contributed by atoms with Crippen LogP contribution in [0.2, 0.25) is 0 Å². The number of carboxylic acids is 1. The minimum absolute atomic E-state index is 0.0184. The molecule has 1 saturated carbocycles. The molecular formula is C31H32N2O4S. The molecule has 1 aliphatic carbocycles. The van der Waals surface area contributed by atoms with Gasteiger partial charge in [0.2, 0.25) is 0 Å². The molecule has 2 aromatic carbocycles. The molecule has 0 saturated heterocycles. The van der Waals surface area contributed by atoms with Crippen LogP contribution in [0.25, 0.3) is 0 Å². The summed E-state index contributed by atoms with van der Waals surface area (Å²) in [6.45, 7) is 4.87. The van der Waals surface area contributed by atoms with Crippen molar-refractivity contribution in [2.45, 2.75) is 64.3 Å². The maximum Gasteiger partial charge on any atom is 0.304 e. The van der Waals surface area contributed by atoms with Gasteiger partial charge in [0, 0.05) is 30.6 Å². The molecule has 3 aromatic rings. The number of hydrogen-bond donors (Lipinski definition) is 2. The van der Waals surface area contributed by atoms with Crippen molar-refractivity contribution >= 4 is 23.2 Å². The molecule has 1 aromatic heterocycles. The SMILES string of the molecule is CC#C[C@@H](CC(=O)O)c1ccc(OCc2cccc(CN3CCc4sc(C(=O)NC5CC5)cc4C3)c2)cc1. The number of hydrogen-bond acceptors (Lipinski definition) is 5. The summed E-state index contributed by atoms with van der Waals surface area (Å²) in [4.78, 5) is 28.2. The zero-order chi connectivity index (χ0) is 26.5. The fraction of sp³-hybridized carbons (Fsp3) is 0.355. The summed E-state index contributed by atoms with van der Waals surface area (Å²) >= 11 is 1.65. The number of ether oxygens (including phenoxy) is 1. The number of benzene rings is 2. The van der Waals surface area contributed by atoms with E-state index in [9.17, 15) is 9.59 Å². The smallest absolute Gasteiger partial charge is 0.304 e. The lowest BCUT2D eigenvalue weighted by Gasteiger charge is -2.26. The summed E-state index contributed by atoms with van der Waals surface area (Å²) in [6, 6.07) is 18.4. The highest BCUT2D eigenvalue weighted by Gasteiger charge is 2.26. The van der Waals surface area contributed by atoms with Crippen molar-refractivity contribution < 1.29 is 19.4 Å². The lowest BCUT2D eigenvalue weighted by atomic mass is 9.96. The Bertz CT molecular complexity index is 1360. The Morgan fingerprint density at radius 2 is 1.95 bits per heavy atom. The van der Waals surface area contributed by atoms with Crippen LogP contribution in [0.15, 0.2) is 54.6 Å². The third-order valence-corrected chi connectivity index (χ3v) is 8.10. The molecule has 5 rings (SSSR count). The van der Waals surface area contributed by atoms with Crippen molar-refractivity contribution in [1.82, 2.24) is 10.2 Å². The minimum atomic E-state index is -0.862. The molecule has 2 N–H and O–H groups in total. The van der Waals surface area contributed by atoms with Crippen LogP contribution in [0.4, 0.5) is 0 Å². The van der Waals surface area contributed by atoms with Crippen LogP contribution in [-0.4, -0.2) is 34.5 Å². The van der Waals surface area contributed by atoms with Crippen molar-refractivity contribution in [2.75, 3.05) is 6.54 Å². The van der Waals surface area contributed by atoms with E-state index >= 15 is 0 Å². The van der Waals surface area contributed by atoms with Gasteiger partial charge in [0.1, 0.15) is 12.4 Å². The van der Waals surface area contributed by atoms with Gasteiger partial charge in [-0.1, -0.05) is 42.3 Å². The molecule has 1 atom stereocenters. The number of aliphatic carboxylic acids is 1. The Balaban J connectivity index is 1.15. The van der Waals surface area contributed by atoms with Crippen LogP contribution in [0, 0.1) is 11.8 Å². The number of nitrogens with one attached hydrogen (secondary N) is 1. The van der Waals surface area contributed by atoms with E-state index < -0.39 is 5.97 Å². The number of amides is 1. The van der Waals surface area contributed by atoms with Crippen molar-refractivity contribution in [3.05, 3.63) is 86.6 Å². The lowest BCUT2D eigenvalue weighted by Crippen LogP contribution is -2.29. The summed E-state index contributed by atoms with van der Waals surface area (Å²) in [5.74, 6) is 5.43. The normalized spacial score (nSPS) is 15.6.